The van der Waals surface area contributed by atoms with Gasteiger partial charge < -0.3 is 15.2 Å². The van der Waals surface area contributed by atoms with Gasteiger partial charge in [0.15, 0.2) is 6.10 Å². The number of carbonyl (C=O) groups is 1. The molecule has 0 aliphatic carbocycles. The molecule has 0 aromatic heterocycles. The van der Waals surface area contributed by atoms with Gasteiger partial charge in [0.2, 0.25) is 0 Å². The van der Waals surface area contributed by atoms with Crippen LogP contribution in [0.5, 0.6) is 5.75 Å². The number of amides is 1. The van der Waals surface area contributed by atoms with Crippen molar-refractivity contribution in [3.63, 3.8) is 0 Å². The van der Waals surface area contributed by atoms with Crippen LogP contribution in [0.1, 0.15) is 32.8 Å². The molecule has 1 amide bonds. The number of para-hydroxylation sites is 1. The minimum Gasteiger partial charge on any atom is -0.480 e. The van der Waals surface area contributed by atoms with E-state index in [0.717, 1.165) is 6.07 Å². The second-order valence-electron chi connectivity index (χ2n) is 6.11. The van der Waals surface area contributed by atoms with Crippen LogP contribution in [-0.2, 0) is 11.0 Å². The fraction of sp³-hybridized carbons (Fsp3) is 0.562. The summed E-state index contributed by atoms with van der Waals surface area (Å²) in [5.74, 6) is -0.884. The van der Waals surface area contributed by atoms with Gasteiger partial charge in [0.05, 0.1) is 5.56 Å². The van der Waals surface area contributed by atoms with Gasteiger partial charge in [-0.2, -0.15) is 13.2 Å². The summed E-state index contributed by atoms with van der Waals surface area (Å²) in [6, 6.07) is 4.77. The Kier molecular flexibility index (Phi) is 6.44. The molecule has 130 valence electrons. The molecule has 0 heterocycles. The lowest BCUT2D eigenvalue weighted by atomic mass is 9.90. The zero-order chi connectivity index (χ0) is 17.7. The summed E-state index contributed by atoms with van der Waals surface area (Å²) in [6.45, 7) is 5.42. The second kappa shape index (κ2) is 7.68. The Morgan fingerprint density at radius 1 is 1.30 bits per heavy atom. The second-order valence-corrected chi connectivity index (χ2v) is 6.11. The molecule has 1 aromatic carbocycles. The number of halogens is 3. The molecular weight excluding hydrogens is 311 g/mol. The van der Waals surface area contributed by atoms with E-state index in [0.29, 0.717) is 13.0 Å². The summed E-state index contributed by atoms with van der Waals surface area (Å²) in [6.07, 6.45) is -5.11. The van der Waals surface area contributed by atoms with Gasteiger partial charge in [0.1, 0.15) is 5.75 Å². The van der Waals surface area contributed by atoms with Crippen molar-refractivity contribution >= 4 is 5.91 Å². The van der Waals surface area contributed by atoms with Gasteiger partial charge in [-0.05, 0) is 30.9 Å². The fourth-order valence-electron chi connectivity index (χ4n) is 1.91. The zero-order valence-electron chi connectivity index (χ0n) is 13.4. The minimum absolute atomic E-state index is 0.00607. The van der Waals surface area contributed by atoms with Gasteiger partial charge in [-0.3, -0.25) is 4.79 Å². The van der Waals surface area contributed by atoms with Gasteiger partial charge in [-0.25, -0.2) is 0 Å². The summed E-state index contributed by atoms with van der Waals surface area (Å²) in [5, 5.41) is 11.6. The first-order valence-electron chi connectivity index (χ1n) is 7.28. The summed E-state index contributed by atoms with van der Waals surface area (Å²) >= 11 is 0. The SMILES string of the molecule is CC(Oc1ccccc1C(F)(F)F)C(=O)NCC(C)(C)CCO. The van der Waals surface area contributed by atoms with Crippen molar-refractivity contribution in [3.05, 3.63) is 29.8 Å². The van der Waals surface area contributed by atoms with Gasteiger partial charge in [0, 0.05) is 13.2 Å². The maximum absolute atomic E-state index is 12.9. The highest BCUT2D eigenvalue weighted by Crippen LogP contribution is 2.36. The molecular formula is C16H22F3NO3. The first kappa shape index (κ1) is 19.3. The molecule has 1 unspecified atom stereocenters. The molecule has 0 spiro atoms. The molecule has 0 radical (unpaired) electrons. The van der Waals surface area contributed by atoms with Crippen molar-refractivity contribution in [3.8, 4) is 5.75 Å². The maximum atomic E-state index is 12.9. The van der Waals surface area contributed by atoms with E-state index < -0.39 is 23.8 Å². The molecule has 4 nitrogen and oxygen atoms in total. The van der Waals surface area contributed by atoms with Crippen molar-refractivity contribution < 1.29 is 27.8 Å². The summed E-state index contributed by atoms with van der Waals surface area (Å²) in [7, 11) is 0. The molecule has 0 aliphatic rings. The monoisotopic (exact) mass is 333 g/mol. The lowest BCUT2D eigenvalue weighted by molar-refractivity contribution is -0.140. The topological polar surface area (TPSA) is 58.6 Å². The molecule has 0 bridgehead atoms. The van der Waals surface area contributed by atoms with E-state index >= 15 is 0 Å². The number of alkyl halides is 3. The van der Waals surface area contributed by atoms with Crippen LogP contribution in [0.4, 0.5) is 13.2 Å². The Morgan fingerprint density at radius 3 is 2.48 bits per heavy atom. The third-order valence-corrected chi connectivity index (χ3v) is 3.40. The average molecular weight is 333 g/mol. The van der Waals surface area contributed by atoms with E-state index in [1.807, 2.05) is 13.8 Å². The van der Waals surface area contributed by atoms with Gasteiger partial charge >= 0.3 is 6.18 Å². The van der Waals surface area contributed by atoms with Crippen molar-refractivity contribution in [2.24, 2.45) is 5.41 Å². The number of aliphatic hydroxyl groups is 1. The molecule has 0 saturated carbocycles. The third kappa shape index (κ3) is 6.09. The Labute approximate surface area is 133 Å². The number of rotatable bonds is 7. The molecule has 1 aromatic rings. The number of hydrogen-bond donors (Lipinski definition) is 2. The van der Waals surface area contributed by atoms with Crippen molar-refractivity contribution in [2.75, 3.05) is 13.2 Å². The van der Waals surface area contributed by atoms with Gasteiger partial charge in [-0.15, -0.1) is 0 Å². The predicted molar refractivity (Wildman–Crippen MR) is 80.0 cm³/mol. The molecule has 0 aliphatic heterocycles. The van der Waals surface area contributed by atoms with Gasteiger partial charge in [-0.1, -0.05) is 26.0 Å². The minimum atomic E-state index is -4.55. The van der Waals surface area contributed by atoms with Crippen LogP contribution in [0.3, 0.4) is 0 Å². The fourth-order valence-corrected chi connectivity index (χ4v) is 1.91. The molecule has 0 fully saturated rings. The van der Waals surface area contributed by atoms with E-state index in [1.54, 1.807) is 0 Å². The van der Waals surface area contributed by atoms with Crippen LogP contribution in [0.2, 0.25) is 0 Å². The third-order valence-electron chi connectivity index (χ3n) is 3.40. The summed E-state index contributed by atoms with van der Waals surface area (Å²) in [5.41, 5.74) is -1.23. The van der Waals surface area contributed by atoms with Crippen LogP contribution in [0.25, 0.3) is 0 Å². The highest BCUT2D eigenvalue weighted by molar-refractivity contribution is 5.80. The molecule has 1 rings (SSSR count). The molecule has 2 N–H and O–H groups in total. The number of aliphatic hydroxyl groups excluding tert-OH is 1. The van der Waals surface area contributed by atoms with Crippen molar-refractivity contribution in [1.82, 2.24) is 5.32 Å². The smallest absolute Gasteiger partial charge is 0.419 e. The van der Waals surface area contributed by atoms with E-state index in [2.05, 4.69) is 5.32 Å². The van der Waals surface area contributed by atoms with E-state index in [1.165, 1.54) is 25.1 Å². The van der Waals surface area contributed by atoms with Crippen LogP contribution < -0.4 is 10.1 Å². The Balaban J connectivity index is 2.70. The molecule has 23 heavy (non-hydrogen) atoms. The Bertz CT molecular complexity index is 530. The maximum Gasteiger partial charge on any atom is 0.419 e. The number of ether oxygens (including phenoxy) is 1. The van der Waals surface area contributed by atoms with E-state index in [-0.39, 0.29) is 17.8 Å². The standard InChI is InChI=1S/C16H22F3NO3/c1-11(14(22)20-10-15(2,3)8-9-21)23-13-7-5-4-6-12(13)16(17,18)19/h4-7,11,21H,8-10H2,1-3H3,(H,20,22). The van der Waals surface area contributed by atoms with Crippen LogP contribution in [0.15, 0.2) is 24.3 Å². The normalized spacial score (nSPS) is 13.5. The molecule has 7 heteroatoms. The number of carbonyl (C=O) groups excluding carboxylic acids is 1. The van der Waals surface area contributed by atoms with Crippen molar-refractivity contribution in [1.29, 1.82) is 0 Å². The van der Waals surface area contributed by atoms with Crippen LogP contribution in [0, 0.1) is 5.41 Å². The quantitative estimate of drug-likeness (QED) is 0.806. The Hall–Kier alpha value is -1.76. The van der Waals surface area contributed by atoms with Crippen molar-refractivity contribution in [2.45, 2.75) is 39.5 Å². The summed E-state index contributed by atoms with van der Waals surface area (Å²) in [4.78, 5) is 12.0. The average Bonchev–Trinajstić information content (AvgIpc) is 2.44. The van der Waals surface area contributed by atoms with Gasteiger partial charge in [0.25, 0.3) is 5.91 Å². The molecule has 0 saturated heterocycles. The number of nitrogens with one attached hydrogen (secondary N) is 1. The van der Waals surface area contributed by atoms with Crippen LogP contribution in [-0.4, -0.2) is 30.3 Å². The lowest BCUT2D eigenvalue weighted by Gasteiger charge is -2.25. The number of hydrogen-bond acceptors (Lipinski definition) is 3. The predicted octanol–water partition coefficient (Wildman–Crippen LogP) is 3.00. The largest absolute Gasteiger partial charge is 0.480 e. The van der Waals surface area contributed by atoms with E-state index in [4.69, 9.17) is 9.84 Å². The van der Waals surface area contributed by atoms with Crippen LogP contribution >= 0.6 is 0 Å². The Morgan fingerprint density at radius 2 is 1.91 bits per heavy atom. The molecule has 1 atom stereocenters. The first-order valence-corrected chi connectivity index (χ1v) is 7.28. The lowest BCUT2D eigenvalue weighted by Crippen LogP contribution is -2.41. The highest BCUT2D eigenvalue weighted by Gasteiger charge is 2.34. The highest BCUT2D eigenvalue weighted by atomic mass is 19.4. The first-order chi connectivity index (χ1) is 10.6. The van der Waals surface area contributed by atoms with E-state index in [9.17, 15) is 18.0 Å². The number of benzene rings is 1. The summed E-state index contributed by atoms with van der Waals surface area (Å²) < 4.78 is 43.8. The zero-order valence-corrected chi connectivity index (χ0v) is 13.4.